The van der Waals surface area contributed by atoms with Crippen LogP contribution >= 0.6 is 7.80 Å². The molecule has 2 nitrogen and oxygen atoms in total. The fourth-order valence-corrected chi connectivity index (χ4v) is 2.80. The predicted molar refractivity (Wildman–Crippen MR) is 69.5 cm³/mol. The lowest BCUT2D eigenvalue weighted by atomic mass is 10.1. The molecule has 1 atom stereocenters. The van der Waals surface area contributed by atoms with E-state index in [0.717, 1.165) is 12.1 Å². The molecular weight excluding hydrogens is 288 g/mol. The van der Waals surface area contributed by atoms with E-state index in [2.05, 4.69) is 0 Å². The molecule has 0 amide bonds. The number of rotatable bonds is 3. The Morgan fingerprint density at radius 3 is 2.05 bits per heavy atom. The molecule has 1 radical (unpaired) electrons. The molecule has 0 aliphatic heterocycles. The molecule has 0 fully saturated rings. The van der Waals surface area contributed by atoms with E-state index in [1.165, 1.54) is 24.3 Å². The number of hydrogen-bond acceptors (Lipinski definition) is 2. The van der Waals surface area contributed by atoms with Crippen LogP contribution in [0.1, 0.15) is 15.9 Å². The van der Waals surface area contributed by atoms with Crippen molar-refractivity contribution >= 4 is 18.6 Å². The zero-order valence-corrected chi connectivity index (χ0v) is 11.0. The summed E-state index contributed by atoms with van der Waals surface area (Å²) in [4.78, 5) is 12.0. The van der Waals surface area contributed by atoms with Gasteiger partial charge in [0, 0.05) is 10.9 Å². The molecule has 0 saturated heterocycles. The van der Waals surface area contributed by atoms with Crippen LogP contribution in [0.3, 0.4) is 0 Å². The van der Waals surface area contributed by atoms with Gasteiger partial charge in [0.15, 0.2) is 7.80 Å². The van der Waals surface area contributed by atoms with E-state index < -0.39 is 30.6 Å². The molecule has 0 aliphatic rings. The summed E-state index contributed by atoms with van der Waals surface area (Å²) in [7, 11) is -2.57. The summed E-state index contributed by atoms with van der Waals surface area (Å²) in [6, 6.07) is 12.1. The van der Waals surface area contributed by atoms with Gasteiger partial charge in [-0.1, -0.05) is 30.3 Å². The molecule has 6 heteroatoms. The molecular formula is C14H9F3O2P. The van der Waals surface area contributed by atoms with Crippen molar-refractivity contribution in [3.63, 3.8) is 0 Å². The van der Waals surface area contributed by atoms with Crippen molar-refractivity contribution in [1.82, 2.24) is 0 Å². The second-order valence-corrected chi connectivity index (χ2v) is 5.49. The molecule has 2 aromatic carbocycles. The van der Waals surface area contributed by atoms with Gasteiger partial charge in [0.2, 0.25) is 5.52 Å². The Morgan fingerprint density at radius 2 is 1.45 bits per heavy atom. The van der Waals surface area contributed by atoms with Crippen LogP contribution in [-0.2, 0) is 10.7 Å². The number of alkyl halides is 3. The Kier molecular flexibility index (Phi) is 4.00. The smallest absolute Gasteiger partial charge is 0.281 e. The molecule has 20 heavy (non-hydrogen) atoms. The van der Waals surface area contributed by atoms with Crippen molar-refractivity contribution in [3.05, 3.63) is 65.7 Å². The fraction of sp³-hybridized carbons (Fsp3) is 0.0714. The minimum atomic E-state index is -4.65. The molecule has 2 rings (SSSR count). The van der Waals surface area contributed by atoms with Gasteiger partial charge in [-0.3, -0.25) is 9.36 Å². The van der Waals surface area contributed by atoms with Crippen LogP contribution in [0.25, 0.3) is 0 Å². The highest BCUT2D eigenvalue weighted by atomic mass is 31.1. The van der Waals surface area contributed by atoms with E-state index in [-0.39, 0.29) is 5.30 Å². The van der Waals surface area contributed by atoms with Crippen molar-refractivity contribution in [3.8, 4) is 0 Å². The first-order valence-corrected chi connectivity index (χ1v) is 6.90. The second-order valence-electron chi connectivity index (χ2n) is 3.98. The zero-order valence-electron chi connectivity index (χ0n) is 10.1. The summed E-state index contributed by atoms with van der Waals surface area (Å²) in [5.41, 5.74) is -2.65. The van der Waals surface area contributed by atoms with Crippen molar-refractivity contribution in [2.24, 2.45) is 0 Å². The van der Waals surface area contributed by atoms with Crippen LogP contribution in [0.4, 0.5) is 13.2 Å². The first-order valence-electron chi connectivity index (χ1n) is 5.64. The third-order valence-electron chi connectivity index (χ3n) is 2.64. The number of carbonyl (C=O) groups is 1. The summed E-state index contributed by atoms with van der Waals surface area (Å²) in [6.45, 7) is 0. The second kappa shape index (κ2) is 5.55. The Morgan fingerprint density at radius 1 is 0.900 bits per heavy atom. The Balaban J connectivity index is 2.43. The van der Waals surface area contributed by atoms with Crippen molar-refractivity contribution in [2.45, 2.75) is 6.18 Å². The third kappa shape index (κ3) is 2.94. The van der Waals surface area contributed by atoms with Gasteiger partial charge in [0.25, 0.3) is 0 Å². The highest BCUT2D eigenvalue weighted by Crippen LogP contribution is 2.36. The van der Waals surface area contributed by atoms with Gasteiger partial charge >= 0.3 is 6.18 Å². The number of benzene rings is 2. The van der Waals surface area contributed by atoms with E-state index in [1.54, 1.807) is 18.2 Å². The summed E-state index contributed by atoms with van der Waals surface area (Å²) in [5, 5.41) is 0.212. The molecule has 0 spiro atoms. The number of hydrogen-bond donors (Lipinski definition) is 0. The van der Waals surface area contributed by atoms with Crippen LogP contribution in [0.15, 0.2) is 54.6 Å². The van der Waals surface area contributed by atoms with E-state index in [0.29, 0.717) is 0 Å². The summed E-state index contributed by atoms with van der Waals surface area (Å²) >= 11 is 0. The molecule has 0 aliphatic carbocycles. The largest absolute Gasteiger partial charge is 0.417 e. The molecule has 0 N–H and O–H groups in total. The summed E-state index contributed by atoms with van der Waals surface area (Å²) in [6.07, 6.45) is -4.65. The fourth-order valence-electron chi connectivity index (χ4n) is 1.71. The van der Waals surface area contributed by atoms with Crippen molar-refractivity contribution in [2.75, 3.05) is 0 Å². The van der Waals surface area contributed by atoms with E-state index in [4.69, 9.17) is 0 Å². The van der Waals surface area contributed by atoms with Crippen LogP contribution in [-0.4, -0.2) is 5.52 Å². The molecule has 0 bridgehead atoms. The number of carbonyl (C=O) groups excluding carboxylic acids is 1. The molecule has 0 saturated carbocycles. The normalized spacial score (nSPS) is 12.1. The molecule has 0 heterocycles. The van der Waals surface area contributed by atoms with Crippen LogP contribution in [0, 0.1) is 0 Å². The van der Waals surface area contributed by atoms with Gasteiger partial charge in [-0.15, -0.1) is 0 Å². The van der Waals surface area contributed by atoms with E-state index in [9.17, 15) is 22.5 Å². The van der Waals surface area contributed by atoms with Gasteiger partial charge in [-0.2, -0.15) is 13.2 Å². The van der Waals surface area contributed by atoms with Crippen LogP contribution in [0.2, 0.25) is 0 Å². The van der Waals surface area contributed by atoms with Crippen LogP contribution < -0.4 is 5.30 Å². The average molecular weight is 297 g/mol. The van der Waals surface area contributed by atoms with Gasteiger partial charge in [0.1, 0.15) is 0 Å². The lowest BCUT2D eigenvalue weighted by molar-refractivity contribution is -0.137. The topological polar surface area (TPSA) is 34.1 Å². The Labute approximate surface area is 114 Å². The molecule has 103 valence electrons. The maximum absolute atomic E-state index is 12.8. The monoisotopic (exact) mass is 297 g/mol. The van der Waals surface area contributed by atoms with Crippen molar-refractivity contribution < 1.29 is 22.5 Å². The highest BCUT2D eigenvalue weighted by molar-refractivity contribution is 7.71. The lowest BCUT2D eigenvalue weighted by Crippen LogP contribution is -2.13. The predicted octanol–water partition coefficient (Wildman–Crippen LogP) is 4.00. The average Bonchev–Trinajstić information content (AvgIpc) is 2.46. The SMILES string of the molecule is O=C(c1ccccc1C(F)(F)F)[P](=O)c1ccccc1. The minimum Gasteiger partial charge on any atom is -0.281 e. The standard InChI is InChI=1S/C14H9F3O2P/c15-14(16,17)12-9-5-4-8-11(12)13(18)20(19)10-6-2-1-3-7-10/h1-9H. The first kappa shape index (κ1) is 14.4. The van der Waals surface area contributed by atoms with Gasteiger partial charge < -0.3 is 0 Å². The maximum atomic E-state index is 12.8. The molecule has 1 unspecified atom stereocenters. The molecule has 0 aromatic heterocycles. The van der Waals surface area contributed by atoms with E-state index in [1.807, 2.05) is 0 Å². The maximum Gasteiger partial charge on any atom is 0.417 e. The summed E-state index contributed by atoms with van der Waals surface area (Å²) < 4.78 is 50.5. The summed E-state index contributed by atoms with van der Waals surface area (Å²) in [5.74, 6) is 0. The first-order chi connectivity index (χ1) is 9.41. The van der Waals surface area contributed by atoms with E-state index >= 15 is 0 Å². The van der Waals surface area contributed by atoms with Crippen molar-refractivity contribution in [1.29, 1.82) is 0 Å². The van der Waals surface area contributed by atoms with Gasteiger partial charge in [-0.05, 0) is 24.3 Å². The lowest BCUT2D eigenvalue weighted by Gasteiger charge is -2.11. The van der Waals surface area contributed by atoms with Gasteiger partial charge in [0.05, 0.1) is 5.56 Å². The minimum absolute atomic E-state index is 0.212. The number of halogens is 3. The van der Waals surface area contributed by atoms with Gasteiger partial charge in [-0.25, -0.2) is 0 Å². The third-order valence-corrected chi connectivity index (χ3v) is 4.02. The quantitative estimate of drug-likeness (QED) is 0.802. The zero-order chi connectivity index (χ0) is 14.8. The highest BCUT2D eigenvalue weighted by Gasteiger charge is 2.36. The van der Waals surface area contributed by atoms with Crippen LogP contribution in [0.5, 0.6) is 0 Å². The Hall–Kier alpha value is -2.00. The molecule has 2 aromatic rings. The Bertz CT molecular complexity index is 651.